The molecule has 114 valence electrons. The topological polar surface area (TPSA) is 46.5 Å². The van der Waals surface area contributed by atoms with Gasteiger partial charge in [-0.25, -0.2) is 9.18 Å². The van der Waals surface area contributed by atoms with Gasteiger partial charge in [-0.2, -0.15) is 0 Å². The summed E-state index contributed by atoms with van der Waals surface area (Å²) in [5.41, 5.74) is 0.663. The van der Waals surface area contributed by atoms with E-state index in [9.17, 15) is 9.18 Å². The van der Waals surface area contributed by atoms with E-state index in [4.69, 9.17) is 9.84 Å². The number of carbonyl (C=O) groups is 1. The van der Waals surface area contributed by atoms with Crippen LogP contribution in [-0.4, -0.2) is 16.7 Å². The minimum Gasteiger partial charge on any atom is -0.489 e. The molecule has 2 aromatic rings. The van der Waals surface area contributed by atoms with Crippen molar-refractivity contribution in [3.63, 3.8) is 0 Å². The Morgan fingerprint density at radius 2 is 1.95 bits per heavy atom. The van der Waals surface area contributed by atoms with Crippen LogP contribution in [0, 0.1) is 0 Å². The number of carboxylic acid groups (broad SMARTS) is 1. The molecule has 0 spiro atoms. The number of hydrogen-bond donors (Lipinski definition) is 1. The first-order chi connectivity index (χ1) is 10.6. The number of hydrogen-bond acceptors (Lipinski definition) is 2. The molecule has 0 aromatic heterocycles. The Morgan fingerprint density at radius 1 is 1.18 bits per heavy atom. The second-order valence-corrected chi connectivity index (χ2v) is 5.65. The predicted molar refractivity (Wildman–Crippen MR) is 80.7 cm³/mol. The molecule has 3 rings (SSSR count). The first-order valence-corrected chi connectivity index (χ1v) is 7.28. The highest BCUT2D eigenvalue weighted by Crippen LogP contribution is 2.34. The van der Waals surface area contributed by atoms with Gasteiger partial charge in [-0.3, -0.25) is 0 Å². The zero-order chi connectivity index (χ0) is 15.6. The highest BCUT2D eigenvalue weighted by atomic mass is 19.1. The van der Waals surface area contributed by atoms with Crippen molar-refractivity contribution in [2.24, 2.45) is 0 Å². The minimum absolute atomic E-state index is 0.0114. The molecule has 0 fully saturated rings. The van der Waals surface area contributed by atoms with Gasteiger partial charge in [0.25, 0.3) is 0 Å². The van der Waals surface area contributed by atoms with E-state index in [0.717, 1.165) is 22.4 Å². The standard InChI is InChI=1S/C18H17FO3/c19-18(17(20)21)9-8-14-10-16(7-6-15(14)11-18)22-12-13-4-2-1-3-5-13/h1-7,10H,8-9,11-12H2,(H,20,21). The number of carboxylic acids is 1. The van der Waals surface area contributed by atoms with Gasteiger partial charge in [0.15, 0.2) is 0 Å². The van der Waals surface area contributed by atoms with Gasteiger partial charge < -0.3 is 9.84 Å². The summed E-state index contributed by atoms with van der Waals surface area (Å²) in [6.07, 6.45) is 0.356. The van der Waals surface area contributed by atoms with E-state index in [0.29, 0.717) is 13.0 Å². The molecule has 0 amide bonds. The summed E-state index contributed by atoms with van der Waals surface area (Å²) in [4.78, 5) is 11.0. The van der Waals surface area contributed by atoms with Crippen LogP contribution in [0.5, 0.6) is 5.75 Å². The lowest BCUT2D eigenvalue weighted by Crippen LogP contribution is -2.39. The third-order valence-corrected chi connectivity index (χ3v) is 4.07. The predicted octanol–water partition coefficient (Wildman–Crippen LogP) is 3.55. The van der Waals surface area contributed by atoms with Crippen LogP contribution in [0.4, 0.5) is 4.39 Å². The number of aryl methyl sites for hydroxylation is 1. The van der Waals surface area contributed by atoms with Gasteiger partial charge in [-0.05, 0) is 41.7 Å². The van der Waals surface area contributed by atoms with E-state index in [2.05, 4.69) is 0 Å². The summed E-state index contributed by atoms with van der Waals surface area (Å²) in [5.74, 6) is -0.646. The maximum absolute atomic E-state index is 14.2. The minimum atomic E-state index is -2.14. The molecular formula is C18H17FO3. The number of halogens is 1. The van der Waals surface area contributed by atoms with E-state index in [1.807, 2.05) is 36.4 Å². The molecule has 0 saturated carbocycles. The normalized spacial score (nSPS) is 20.2. The summed E-state index contributed by atoms with van der Waals surface area (Å²) in [7, 11) is 0. The van der Waals surface area contributed by atoms with Crippen molar-refractivity contribution in [1.82, 2.24) is 0 Å². The Kier molecular flexibility index (Phi) is 3.84. The van der Waals surface area contributed by atoms with Gasteiger partial charge >= 0.3 is 5.97 Å². The van der Waals surface area contributed by atoms with Crippen molar-refractivity contribution in [3.8, 4) is 5.75 Å². The van der Waals surface area contributed by atoms with E-state index >= 15 is 0 Å². The number of alkyl halides is 1. The van der Waals surface area contributed by atoms with E-state index < -0.39 is 11.6 Å². The smallest absolute Gasteiger partial charge is 0.341 e. The van der Waals surface area contributed by atoms with Crippen molar-refractivity contribution < 1.29 is 19.0 Å². The van der Waals surface area contributed by atoms with Crippen molar-refractivity contribution in [3.05, 3.63) is 65.2 Å². The molecule has 2 aromatic carbocycles. The Hall–Kier alpha value is -2.36. The molecule has 4 heteroatoms. The molecule has 1 aliphatic carbocycles. The highest BCUT2D eigenvalue weighted by molar-refractivity contribution is 5.78. The maximum Gasteiger partial charge on any atom is 0.341 e. The summed E-state index contributed by atoms with van der Waals surface area (Å²) >= 11 is 0. The van der Waals surface area contributed by atoms with Gasteiger partial charge in [0.1, 0.15) is 12.4 Å². The van der Waals surface area contributed by atoms with Crippen LogP contribution in [0.15, 0.2) is 48.5 Å². The lowest BCUT2D eigenvalue weighted by Gasteiger charge is -2.27. The van der Waals surface area contributed by atoms with Crippen molar-refractivity contribution >= 4 is 5.97 Å². The first-order valence-electron chi connectivity index (χ1n) is 7.28. The number of benzene rings is 2. The third-order valence-electron chi connectivity index (χ3n) is 4.07. The fourth-order valence-electron chi connectivity index (χ4n) is 2.74. The van der Waals surface area contributed by atoms with Gasteiger partial charge in [0, 0.05) is 6.42 Å². The molecule has 1 unspecified atom stereocenters. The molecule has 0 aliphatic heterocycles. The summed E-state index contributed by atoms with van der Waals surface area (Å²) in [6.45, 7) is 0.474. The Labute approximate surface area is 128 Å². The first kappa shape index (κ1) is 14.6. The largest absolute Gasteiger partial charge is 0.489 e. The SMILES string of the molecule is O=C(O)C1(F)CCc2cc(OCc3ccccc3)ccc2C1. The second-order valence-electron chi connectivity index (χ2n) is 5.65. The average molecular weight is 300 g/mol. The van der Waals surface area contributed by atoms with Crippen LogP contribution in [-0.2, 0) is 24.2 Å². The Balaban J connectivity index is 1.71. The van der Waals surface area contributed by atoms with Gasteiger partial charge in [-0.1, -0.05) is 36.4 Å². The quantitative estimate of drug-likeness (QED) is 0.939. The van der Waals surface area contributed by atoms with Crippen LogP contribution in [0.3, 0.4) is 0 Å². The molecule has 1 aliphatic rings. The molecular weight excluding hydrogens is 283 g/mol. The molecule has 22 heavy (non-hydrogen) atoms. The van der Waals surface area contributed by atoms with Crippen molar-refractivity contribution in [2.45, 2.75) is 31.5 Å². The van der Waals surface area contributed by atoms with Crippen LogP contribution in [0.25, 0.3) is 0 Å². The molecule has 0 radical (unpaired) electrons. The Bertz CT molecular complexity index is 684. The molecule has 1 atom stereocenters. The van der Waals surface area contributed by atoms with E-state index in [-0.39, 0.29) is 12.8 Å². The lowest BCUT2D eigenvalue weighted by atomic mass is 9.81. The molecule has 0 heterocycles. The van der Waals surface area contributed by atoms with E-state index in [1.54, 1.807) is 12.1 Å². The number of fused-ring (bicyclic) bond motifs is 1. The third kappa shape index (κ3) is 2.96. The number of rotatable bonds is 4. The van der Waals surface area contributed by atoms with Gasteiger partial charge in [0.05, 0.1) is 0 Å². The molecule has 0 saturated heterocycles. The zero-order valence-electron chi connectivity index (χ0n) is 12.1. The maximum atomic E-state index is 14.2. The fourth-order valence-corrected chi connectivity index (χ4v) is 2.74. The molecule has 0 bridgehead atoms. The van der Waals surface area contributed by atoms with Crippen LogP contribution < -0.4 is 4.74 Å². The lowest BCUT2D eigenvalue weighted by molar-refractivity contribution is -0.151. The number of aliphatic carboxylic acids is 1. The average Bonchev–Trinajstić information content (AvgIpc) is 2.54. The number of ether oxygens (including phenoxy) is 1. The van der Waals surface area contributed by atoms with Crippen molar-refractivity contribution in [1.29, 1.82) is 0 Å². The molecule has 3 nitrogen and oxygen atoms in total. The van der Waals surface area contributed by atoms with Crippen LogP contribution >= 0.6 is 0 Å². The van der Waals surface area contributed by atoms with E-state index in [1.165, 1.54) is 0 Å². The summed E-state index contributed by atoms with van der Waals surface area (Å²) in [6, 6.07) is 15.3. The zero-order valence-corrected chi connectivity index (χ0v) is 12.1. The monoisotopic (exact) mass is 300 g/mol. The van der Waals surface area contributed by atoms with Crippen LogP contribution in [0.1, 0.15) is 23.1 Å². The van der Waals surface area contributed by atoms with Crippen molar-refractivity contribution in [2.75, 3.05) is 0 Å². The second kappa shape index (κ2) is 5.79. The van der Waals surface area contributed by atoms with Gasteiger partial charge in [-0.15, -0.1) is 0 Å². The molecule has 1 N–H and O–H groups in total. The van der Waals surface area contributed by atoms with Gasteiger partial charge in [0.2, 0.25) is 5.67 Å². The summed E-state index contributed by atoms with van der Waals surface area (Å²) < 4.78 is 20.0. The summed E-state index contributed by atoms with van der Waals surface area (Å²) in [5, 5.41) is 8.99. The Morgan fingerprint density at radius 3 is 2.68 bits per heavy atom. The van der Waals surface area contributed by atoms with Crippen LogP contribution in [0.2, 0.25) is 0 Å². The highest BCUT2D eigenvalue weighted by Gasteiger charge is 2.41. The fraction of sp³-hybridized carbons (Fsp3) is 0.278.